The minimum Gasteiger partial charge on any atom is -0.456 e. The van der Waals surface area contributed by atoms with Crippen LogP contribution in [0.15, 0.2) is 29.2 Å². The van der Waals surface area contributed by atoms with E-state index < -0.39 is 65.3 Å². The molecule has 172 valence electrons. The minimum atomic E-state index is -4.21. The Morgan fingerprint density at radius 3 is 1.90 bits per heavy atom. The first kappa shape index (κ1) is 24.7. The predicted molar refractivity (Wildman–Crippen MR) is 102 cm³/mol. The maximum absolute atomic E-state index is 12.5. The summed E-state index contributed by atoms with van der Waals surface area (Å²) in [4.78, 5) is 34.4. The summed E-state index contributed by atoms with van der Waals surface area (Å²) in [7, 11) is -4.21. The molecule has 0 spiro atoms. The van der Waals surface area contributed by atoms with Crippen LogP contribution >= 0.6 is 0 Å². The molecule has 12 heteroatoms. The van der Waals surface area contributed by atoms with Gasteiger partial charge in [0.1, 0.15) is 6.10 Å². The van der Waals surface area contributed by atoms with E-state index in [0.717, 1.165) is 26.3 Å². The fourth-order valence-corrected chi connectivity index (χ4v) is 3.85. The predicted octanol–water partition coefficient (Wildman–Crippen LogP) is 0.213. The Labute approximate surface area is 179 Å². The van der Waals surface area contributed by atoms with Crippen molar-refractivity contribution in [1.29, 1.82) is 0 Å². The lowest BCUT2D eigenvalue weighted by Crippen LogP contribution is -2.62. The van der Waals surface area contributed by atoms with Crippen LogP contribution in [0.4, 0.5) is 0 Å². The van der Waals surface area contributed by atoms with E-state index in [9.17, 15) is 27.9 Å². The van der Waals surface area contributed by atoms with Crippen LogP contribution in [0.25, 0.3) is 0 Å². The van der Waals surface area contributed by atoms with Gasteiger partial charge in [-0.2, -0.15) is 8.42 Å². The van der Waals surface area contributed by atoms with Crippen LogP contribution in [0, 0.1) is 6.92 Å². The van der Waals surface area contributed by atoms with Crippen LogP contribution in [0.5, 0.6) is 0 Å². The van der Waals surface area contributed by atoms with Gasteiger partial charge in [-0.05, 0) is 19.1 Å². The first-order valence-electron chi connectivity index (χ1n) is 9.22. The van der Waals surface area contributed by atoms with Gasteiger partial charge in [0, 0.05) is 20.8 Å². The summed E-state index contributed by atoms with van der Waals surface area (Å²) in [6.07, 6.45) is -7.59. The Kier molecular flexibility index (Phi) is 8.12. The fourth-order valence-electron chi connectivity index (χ4n) is 2.94. The summed E-state index contributed by atoms with van der Waals surface area (Å²) in [5, 5.41) is 10.3. The molecule has 1 N–H and O–H groups in total. The maximum atomic E-state index is 12.5. The SMILES string of the molecule is CC(=O)O[C@@H]1[C@H](OC(C)=O)[C@@H](OC(C)=O)C(O)O[C@@H]1COS(=O)(=O)c1ccc(C)cc1. The lowest BCUT2D eigenvalue weighted by molar-refractivity contribution is -0.294. The van der Waals surface area contributed by atoms with Gasteiger partial charge >= 0.3 is 17.9 Å². The largest absolute Gasteiger partial charge is 0.456 e. The average Bonchev–Trinajstić information content (AvgIpc) is 2.65. The number of aryl methyl sites for hydroxylation is 1. The van der Waals surface area contributed by atoms with Crippen molar-refractivity contribution < 1.29 is 51.0 Å². The average molecular weight is 460 g/mol. The van der Waals surface area contributed by atoms with Gasteiger partial charge in [0.2, 0.25) is 0 Å². The van der Waals surface area contributed by atoms with E-state index >= 15 is 0 Å². The second-order valence-electron chi connectivity index (χ2n) is 6.84. The Morgan fingerprint density at radius 2 is 1.39 bits per heavy atom. The van der Waals surface area contributed by atoms with Gasteiger partial charge in [-0.25, -0.2) is 0 Å². The van der Waals surface area contributed by atoms with Gasteiger partial charge in [0.05, 0.1) is 11.5 Å². The summed E-state index contributed by atoms with van der Waals surface area (Å²) in [6.45, 7) is 4.28. The Morgan fingerprint density at radius 1 is 0.903 bits per heavy atom. The molecule has 0 saturated carbocycles. The first-order valence-corrected chi connectivity index (χ1v) is 10.6. The van der Waals surface area contributed by atoms with E-state index in [1.54, 1.807) is 19.1 Å². The van der Waals surface area contributed by atoms with Gasteiger partial charge in [-0.15, -0.1) is 0 Å². The van der Waals surface area contributed by atoms with Crippen molar-refractivity contribution in [3.8, 4) is 0 Å². The van der Waals surface area contributed by atoms with E-state index in [2.05, 4.69) is 0 Å². The van der Waals surface area contributed by atoms with Crippen molar-refractivity contribution in [3.63, 3.8) is 0 Å². The zero-order valence-corrected chi connectivity index (χ0v) is 18.2. The van der Waals surface area contributed by atoms with Crippen LogP contribution in [0.3, 0.4) is 0 Å². The normalized spacial score (nSPS) is 26.0. The molecular formula is C19H24O11S. The molecular weight excluding hydrogens is 436 g/mol. The number of aliphatic hydroxyl groups excluding tert-OH is 1. The number of benzene rings is 1. The van der Waals surface area contributed by atoms with E-state index in [1.165, 1.54) is 12.1 Å². The smallest absolute Gasteiger partial charge is 0.303 e. The highest BCUT2D eigenvalue weighted by molar-refractivity contribution is 7.86. The van der Waals surface area contributed by atoms with Crippen LogP contribution in [-0.2, 0) is 47.6 Å². The number of hydrogen-bond donors (Lipinski definition) is 1. The molecule has 1 aromatic rings. The molecule has 1 unspecified atom stereocenters. The lowest BCUT2D eigenvalue weighted by Gasteiger charge is -2.42. The van der Waals surface area contributed by atoms with E-state index in [-0.39, 0.29) is 4.90 Å². The molecule has 0 amide bonds. The Balaban J connectivity index is 2.29. The van der Waals surface area contributed by atoms with Crippen molar-refractivity contribution >= 4 is 28.0 Å². The van der Waals surface area contributed by atoms with Gasteiger partial charge in [-0.1, -0.05) is 17.7 Å². The molecule has 1 fully saturated rings. The second-order valence-corrected chi connectivity index (χ2v) is 8.45. The van der Waals surface area contributed by atoms with Crippen molar-refractivity contribution in [2.45, 2.75) is 63.3 Å². The summed E-state index contributed by atoms with van der Waals surface area (Å²) >= 11 is 0. The molecule has 1 saturated heterocycles. The number of esters is 3. The van der Waals surface area contributed by atoms with Crippen molar-refractivity contribution in [2.24, 2.45) is 0 Å². The highest BCUT2D eigenvalue weighted by Gasteiger charge is 2.51. The van der Waals surface area contributed by atoms with E-state index in [0.29, 0.717) is 0 Å². The third kappa shape index (κ3) is 6.72. The van der Waals surface area contributed by atoms with Gasteiger partial charge in [0.25, 0.3) is 10.1 Å². The molecule has 2 rings (SSSR count). The highest BCUT2D eigenvalue weighted by Crippen LogP contribution is 2.29. The maximum Gasteiger partial charge on any atom is 0.303 e. The summed E-state index contributed by atoms with van der Waals surface area (Å²) in [5.41, 5.74) is 0.841. The number of rotatable bonds is 7. The number of carbonyl (C=O) groups is 3. The molecule has 0 aromatic heterocycles. The van der Waals surface area contributed by atoms with Crippen molar-refractivity contribution in [2.75, 3.05) is 6.61 Å². The molecule has 1 heterocycles. The minimum absolute atomic E-state index is 0.118. The molecule has 11 nitrogen and oxygen atoms in total. The topological polar surface area (TPSA) is 152 Å². The molecule has 5 atom stereocenters. The third-order valence-electron chi connectivity index (χ3n) is 4.21. The van der Waals surface area contributed by atoms with Crippen molar-refractivity contribution in [1.82, 2.24) is 0 Å². The first-order chi connectivity index (χ1) is 14.4. The highest BCUT2D eigenvalue weighted by atomic mass is 32.2. The molecule has 0 radical (unpaired) electrons. The number of ether oxygens (including phenoxy) is 4. The monoisotopic (exact) mass is 460 g/mol. The third-order valence-corrected chi connectivity index (χ3v) is 5.51. The van der Waals surface area contributed by atoms with Crippen molar-refractivity contribution in [3.05, 3.63) is 29.8 Å². The molecule has 1 aromatic carbocycles. The van der Waals surface area contributed by atoms with Gasteiger partial charge in [-0.3, -0.25) is 18.6 Å². The number of hydrogen-bond acceptors (Lipinski definition) is 11. The van der Waals surface area contributed by atoms with Gasteiger partial charge in [0.15, 0.2) is 24.6 Å². The fraction of sp³-hybridized carbons (Fsp3) is 0.526. The quantitative estimate of drug-likeness (QED) is 0.338. The van der Waals surface area contributed by atoms with E-state index in [4.69, 9.17) is 23.1 Å². The van der Waals surface area contributed by atoms with Crippen LogP contribution in [-0.4, -0.2) is 68.7 Å². The zero-order valence-electron chi connectivity index (χ0n) is 17.3. The van der Waals surface area contributed by atoms with Crippen LogP contribution in [0.1, 0.15) is 26.3 Å². The van der Waals surface area contributed by atoms with E-state index in [1.807, 2.05) is 0 Å². The Hall–Kier alpha value is -2.54. The van der Waals surface area contributed by atoms with Crippen LogP contribution < -0.4 is 0 Å². The Bertz CT molecular complexity index is 909. The molecule has 1 aliphatic heterocycles. The summed E-state index contributed by atoms with van der Waals surface area (Å²) in [5.74, 6) is -2.45. The molecule has 1 aliphatic rings. The molecule has 0 bridgehead atoms. The molecule has 0 aliphatic carbocycles. The summed E-state index contributed by atoms with van der Waals surface area (Å²) < 4.78 is 50.5. The number of aliphatic hydroxyl groups is 1. The molecule has 31 heavy (non-hydrogen) atoms. The standard InChI is InChI=1S/C19H24O11S/c1-10-5-7-14(8-6-10)31(24,25)26-9-15-16(27-11(2)20)17(28-12(3)21)18(19(23)30-15)29-13(4)22/h5-8,15-19,23H,9H2,1-4H3/t15-,16+,17+,18-,19?/m1/s1. The summed E-state index contributed by atoms with van der Waals surface area (Å²) in [6, 6.07) is 5.87. The van der Waals surface area contributed by atoms with Gasteiger partial charge < -0.3 is 24.1 Å². The van der Waals surface area contributed by atoms with Crippen LogP contribution in [0.2, 0.25) is 0 Å². The lowest BCUT2D eigenvalue weighted by atomic mass is 9.98. The second kappa shape index (κ2) is 10.2. The zero-order chi connectivity index (χ0) is 23.3. The number of carbonyl (C=O) groups excluding carboxylic acids is 3.